The maximum absolute atomic E-state index is 5.22. The molecule has 0 aromatic heterocycles. The maximum Gasteiger partial charge on any atom is 0.120 e. The quantitative estimate of drug-likeness (QED) is 0.747. The molecule has 0 amide bonds. The second kappa shape index (κ2) is 2.84. The van der Waals surface area contributed by atoms with Gasteiger partial charge in [-0.3, -0.25) is 0 Å². The van der Waals surface area contributed by atoms with Crippen molar-refractivity contribution in [3.05, 3.63) is 18.2 Å². The van der Waals surface area contributed by atoms with Crippen molar-refractivity contribution in [2.45, 2.75) is 4.90 Å². The van der Waals surface area contributed by atoms with Gasteiger partial charge in [0.2, 0.25) is 0 Å². The van der Waals surface area contributed by atoms with Crippen molar-refractivity contribution in [2.75, 3.05) is 30.8 Å². The Morgan fingerprint density at radius 3 is 2.85 bits per heavy atom. The van der Waals surface area contributed by atoms with Crippen LogP contribution in [0.2, 0.25) is 0 Å². The summed E-state index contributed by atoms with van der Waals surface area (Å²) in [6.07, 6.45) is 4.65. The van der Waals surface area contributed by atoms with Crippen LogP contribution in [0.15, 0.2) is 23.1 Å². The van der Waals surface area contributed by atoms with Crippen molar-refractivity contribution in [1.82, 2.24) is 0 Å². The lowest BCUT2D eigenvalue weighted by Gasteiger charge is -2.24. The zero-order valence-corrected chi connectivity index (χ0v) is 9.07. The molecule has 0 aliphatic carbocycles. The van der Waals surface area contributed by atoms with Crippen LogP contribution in [0.1, 0.15) is 0 Å². The first-order valence-corrected chi connectivity index (χ1v) is 6.88. The van der Waals surface area contributed by atoms with Crippen LogP contribution >= 0.6 is 10.0 Å². The van der Waals surface area contributed by atoms with E-state index < -0.39 is 10.0 Å². The SMILES string of the molecule is COc1ccc2c(c1)S(C)(C)CN2. The standard InChI is InChI=1S/C10H15NOS/c1-12-8-4-5-9-10(6-8)13(2,3)7-11-9/h4-6,11H,7H2,1-3H3. The van der Waals surface area contributed by atoms with Crippen LogP contribution in [0.4, 0.5) is 5.69 Å². The number of nitrogens with one attached hydrogen (secondary N) is 1. The van der Waals surface area contributed by atoms with E-state index in [1.807, 2.05) is 6.07 Å². The average molecular weight is 197 g/mol. The number of hydrogen-bond donors (Lipinski definition) is 1. The molecule has 72 valence electrons. The Balaban J connectivity index is 2.50. The zero-order chi connectivity index (χ0) is 9.47. The summed E-state index contributed by atoms with van der Waals surface area (Å²) in [7, 11) is 1.09. The van der Waals surface area contributed by atoms with E-state index in [9.17, 15) is 0 Å². The second-order valence-corrected chi connectivity index (χ2v) is 7.53. The van der Waals surface area contributed by atoms with Crippen molar-refractivity contribution in [3.8, 4) is 5.75 Å². The molecule has 0 saturated heterocycles. The smallest absolute Gasteiger partial charge is 0.120 e. The van der Waals surface area contributed by atoms with E-state index in [4.69, 9.17) is 4.74 Å². The summed E-state index contributed by atoms with van der Waals surface area (Å²) < 4.78 is 5.22. The lowest BCUT2D eigenvalue weighted by molar-refractivity contribution is 0.414. The van der Waals surface area contributed by atoms with Gasteiger partial charge in [0.15, 0.2) is 0 Å². The van der Waals surface area contributed by atoms with Crippen LogP contribution in [0, 0.1) is 0 Å². The molecule has 0 spiro atoms. The van der Waals surface area contributed by atoms with Gasteiger partial charge in [-0.15, -0.1) is 0 Å². The van der Waals surface area contributed by atoms with Gasteiger partial charge in [0.1, 0.15) is 5.75 Å². The number of hydrogen-bond acceptors (Lipinski definition) is 2. The Kier molecular flexibility index (Phi) is 1.91. The Hall–Kier alpha value is -0.830. The second-order valence-electron chi connectivity index (χ2n) is 3.72. The number of anilines is 1. The fraction of sp³-hybridized carbons (Fsp3) is 0.400. The molecule has 1 aliphatic heterocycles. The topological polar surface area (TPSA) is 21.3 Å². The van der Waals surface area contributed by atoms with Gasteiger partial charge in [0.05, 0.1) is 7.11 Å². The average Bonchev–Trinajstić information content (AvgIpc) is 2.42. The van der Waals surface area contributed by atoms with Gasteiger partial charge in [-0.2, -0.15) is 0 Å². The molecule has 3 heteroatoms. The molecule has 13 heavy (non-hydrogen) atoms. The first-order valence-electron chi connectivity index (χ1n) is 4.26. The summed E-state index contributed by atoms with van der Waals surface area (Å²) in [5.41, 5.74) is 1.28. The normalized spacial score (nSPS) is 20.2. The third kappa shape index (κ3) is 1.37. The molecule has 0 unspecified atom stereocenters. The highest BCUT2D eigenvalue weighted by molar-refractivity contribution is 8.33. The summed E-state index contributed by atoms with van der Waals surface area (Å²) in [4.78, 5) is 1.44. The van der Waals surface area contributed by atoms with E-state index in [1.165, 1.54) is 10.6 Å². The van der Waals surface area contributed by atoms with Crippen molar-refractivity contribution in [3.63, 3.8) is 0 Å². The van der Waals surface area contributed by atoms with Crippen LogP contribution in [0.5, 0.6) is 5.75 Å². The van der Waals surface area contributed by atoms with E-state index in [-0.39, 0.29) is 0 Å². The minimum absolute atomic E-state index is 0.629. The van der Waals surface area contributed by atoms with Crippen molar-refractivity contribution < 1.29 is 4.74 Å². The van der Waals surface area contributed by atoms with E-state index in [0.717, 1.165) is 11.6 Å². The molecule has 1 aromatic carbocycles. The predicted octanol–water partition coefficient (Wildman–Crippen LogP) is 2.50. The van der Waals surface area contributed by atoms with E-state index >= 15 is 0 Å². The molecular formula is C10H15NOS. The lowest BCUT2D eigenvalue weighted by Crippen LogP contribution is -1.98. The van der Waals surface area contributed by atoms with Gasteiger partial charge in [-0.25, -0.2) is 10.0 Å². The molecule has 0 bridgehead atoms. The van der Waals surface area contributed by atoms with Crippen molar-refractivity contribution in [2.24, 2.45) is 0 Å². The van der Waals surface area contributed by atoms with Crippen LogP contribution in [0.25, 0.3) is 0 Å². The summed E-state index contributed by atoms with van der Waals surface area (Å²) in [5, 5.41) is 3.42. The number of methoxy groups -OCH3 is 1. The third-order valence-electron chi connectivity index (χ3n) is 2.41. The van der Waals surface area contributed by atoms with E-state index in [2.05, 4.69) is 30.0 Å². The van der Waals surface area contributed by atoms with Crippen LogP contribution in [-0.2, 0) is 0 Å². The third-order valence-corrected chi connectivity index (χ3v) is 4.80. The molecule has 2 rings (SSSR count). The van der Waals surface area contributed by atoms with Gasteiger partial charge in [0.25, 0.3) is 0 Å². The van der Waals surface area contributed by atoms with Crippen LogP contribution in [0.3, 0.4) is 0 Å². The fourth-order valence-electron chi connectivity index (χ4n) is 1.57. The highest BCUT2D eigenvalue weighted by Gasteiger charge is 2.25. The minimum atomic E-state index is -0.629. The molecule has 1 N–H and O–H groups in total. The molecule has 1 aromatic rings. The highest BCUT2D eigenvalue weighted by Crippen LogP contribution is 2.57. The molecular weight excluding hydrogens is 182 g/mol. The molecule has 0 saturated carbocycles. The molecule has 0 atom stereocenters. The minimum Gasteiger partial charge on any atom is -0.497 e. The first-order chi connectivity index (χ1) is 6.13. The largest absolute Gasteiger partial charge is 0.497 e. The van der Waals surface area contributed by atoms with Gasteiger partial charge >= 0.3 is 0 Å². The van der Waals surface area contributed by atoms with Crippen molar-refractivity contribution in [1.29, 1.82) is 0 Å². The van der Waals surface area contributed by atoms with Crippen molar-refractivity contribution >= 4 is 15.7 Å². The molecule has 1 aliphatic rings. The van der Waals surface area contributed by atoms with E-state index in [1.54, 1.807) is 7.11 Å². The number of rotatable bonds is 1. The van der Waals surface area contributed by atoms with Crippen LogP contribution < -0.4 is 10.1 Å². The van der Waals surface area contributed by atoms with Crippen LogP contribution in [-0.4, -0.2) is 25.5 Å². The molecule has 0 radical (unpaired) electrons. The summed E-state index contributed by atoms with van der Waals surface area (Å²) >= 11 is 0. The maximum atomic E-state index is 5.22. The Labute approximate surface area is 80.6 Å². The highest BCUT2D eigenvalue weighted by atomic mass is 32.3. The Bertz CT molecular complexity index is 336. The van der Waals surface area contributed by atoms with Gasteiger partial charge in [0, 0.05) is 16.5 Å². The van der Waals surface area contributed by atoms with Gasteiger partial charge in [-0.05, 0) is 30.7 Å². The van der Waals surface area contributed by atoms with Gasteiger partial charge in [-0.1, -0.05) is 0 Å². The first kappa shape index (κ1) is 8.75. The Morgan fingerprint density at radius 2 is 2.15 bits per heavy atom. The van der Waals surface area contributed by atoms with E-state index in [0.29, 0.717) is 0 Å². The Morgan fingerprint density at radius 1 is 1.38 bits per heavy atom. The molecule has 2 nitrogen and oxygen atoms in total. The number of fused-ring (bicyclic) bond motifs is 1. The van der Waals surface area contributed by atoms with Gasteiger partial charge < -0.3 is 10.1 Å². The zero-order valence-electron chi connectivity index (χ0n) is 8.26. The number of ether oxygens (including phenoxy) is 1. The predicted molar refractivity (Wildman–Crippen MR) is 59.2 cm³/mol. The summed E-state index contributed by atoms with van der Waals surface area (Å²) in [5.74, 6) is 2.05. The number of benzene rings is 1. The monoisotopic (exact) mass is 197 g/mol. The lowest BCUT2D eigenvalue weighted by atomic mass is 10.3. The fourth-order valence-corrected chi connectivity index (χ4v) is 3.41. The summed E-state index contributed by atoms with van der Waals surface area (Å²) in [6, 6.07) is 6.27. The molecule has 0 fully saturated rings. The molecule has 1 heterocycles. The summed E-state index contributed by atoms with van der Waals surface area (Å²) in [6.45, 7) is 0.